The highest BCUT2D eigenvalue weighted by Crippen LogP contribution is 2.12. The van der Waals surface area contributed by atoms with Crippen molar-refractivity contribution in [1.29, 1.82) is 0 Å². The zero-order valence-electron chi connectivity index (χ0n) is 34.5. The Kier molecular flexibility index (Phi) is 51.2. The van der Waals surface area contributed by atoms with Crippen molar-refractivity contribution < 1.29 is 61.6 Å². The fraction of sp³-hybridized carbons (Fsp3) is 0.951. The molecule has 0 aliphatic heterocycles. The smallest absolute Gasteiger partial charge is 0.111 e. The van der Waals surface area contributed by atoms with Crippen molar-refractivity contribution in [3.63, 3.8) is 0 Å². The zero-order valence-corrected chi connectivity index (χ0v) is 34.5. The normalized spacial score (nSPS) is 11.5. The summed E-state index contributed by atoms with van der Waals surface area (Å²) in [6.45, 7) is 19.4. The monoisotopic (exact) mass is 783 g/mol. The van der Waals surface area contributed by atoms with E-state index < -0.39 is 0 Å². The lowest BCUT2D eigenvalue weighted by molar-refractivity contribution is -0.0286. The highest BCUT2D eigenvalue weighted by molar-refractivity contribution is 4.50. The molecule has 0 aromatic heterocycles. The molecule has 0 amide bonds. The highest BCUT2D eigenvalue weighted by Gasteiger charge is 1.98. The molecule has 324 valence electrons. The van der Waals surface area contributed by atoms with Crippen LogP contribution in [0.1, 0.15) is 90.4 Å². The van der Waals surface area contributed by atoms with Gasteiger partial charge in [-0.25, -0.2) is 0 Å². The second-order valence-corrected chi connectivity index (χ2v) is 12.6. The minimum atomic E-state index is 0.503. The Balaban J connectivity index is 3.05. The third-order valence-corrected chi connectivity index (χ3v) is 7.95. The standard InChI is InChI=1S/C41H82O13/c1-3-5-6-7-8-9-10-11-12-13-14-15-16-17-43-20-21-45-24-25-47-28-29-49-32-33-51-36-37-53-40-41-54-39-38-52-35-34-50-31-30-48-27-26-46-23-22-44-19-18-42-4-2/h4H,2-3,5-41H2,1H3. The molecule has 0 heterocycles. The molecule has 0 unspecified atom stereocenters. The van der Waals surface area contributed by atoms with Gasteiger partial charge in [0.25, 0.3) is 0 Å². The lowest BCUT2D eigenvalue weighted by Gasteiger charge is -2.09. The van der Waals surface area contributed by atoms with Crippen LogP contribution in [0.25, 0.3) is 0 Å². The molecule has 0 fully saturated rings. The maximum Gasteiger partial charge on any atom is 0.111 e. The minimum Gasteiger partial charge on any atom is -0.499 e. The highest BCUT2D eigenvalue weighted by atomic mass is 16.6. The molecule has 0 bridgehead atoms. The van der Waals surface area contributed by atoms with Gasteiger partial charge in [-0.15, -0.1) is 0 Å². The topological polar surface area (TPSA) is 120 Å². The van der Waals surface area contributed by atoms with Gasteiger partial charge in [0, 0.05) is 6.61 Å². The Hall–Kier alpha value is -0.940. The van der Waals surface area contributed by atoms with Gasteiger partial charge in [0.05, 0.1) is 158 Å². The van der Waals surface area contributed by atoms with Gasteiger partial charge < -0.3 is 61.6 Å². The molecule has 0 aliphatic carbocycles. The Morgan fingerprint density at radius 2 is 0.426 bits per heavy atom. The Morgan fingerprint density at radius 1 is 0.241 bits per heavy atom. The number of ether oxygens (including phenoxy) is 13. The van der Waals surface area contributed by atoms with E-state index >= 15 is 0 Å². The van der Waals surface area contributed by atoms with Crippen molar-refractivity contribution in [2.75, 3.05) is 165 Å². The summed E-state index contributed by atoms with van der Waals surface area (Å²) < 4.78 is 70.9. The quantitative estimate of drug-likeness (QED) is 0.0498. The molecule has 0 aromatic carbocycles. The van der Waals surface area contributed by atoms with E-state index in [1.165, 1.54) is 83.3 Å². The van der Waals surface area contributed by atoms with Gasteiger partial charge in [-0.05, 0) is 6.42 Å². The van der Waals surface area contributed by atoms with Crippen molar-refractivity contribution in [3.8, 4) is 0 Å². The maximum absolute atomic E-state index is 5.68. The lowest BCUT2D eigenvalue weighted by atomic mass is 10.0. The van der Waals surface area contributed by atoms with Crippen LogP contribution in [0.3, 0.4) is 0 Å². The number of rotatable bonds is 51. The summed E-state index contributed by atoms with van der Waals surface area (Å²) in [6.07, 6.45) is 19.2. The molecule has 13 heteroatoms. The molecular weight excluding hydrogens is 700 g/mol. The van der Waals surface area contributed by atoms with Gasteiger partial charge in [-0.3, -0.25) is 0 Å². The maximum atomic E-state index is 5.68. The fourth-order valence-corrected chi connectivity index (χ4v) is 4.93. The van der Waals surface area contributed by atoms with Crippen LogP contribution in [0.2, 0.25) is 0 Å². The van der Waals surface area contributed by atoms with Crippen LogP contribution in [-0.2, 0) is 61.6 Å². The Morgan fingerprint density at radius 3 is 0.648 bits per heavy atom. The molecule has 0 N–H and O–H groups in total. The van der Waals surface area contributed by atoms with Gasteiger partial charge in [0.1, 0.15) is 6.61 Å². The molecule has 13 nitrogen and oxygen atoms in total. The van der Waals surface area contributed by atoms with E-state index in [1.807, 2.05) is 0 Å². The molecule has 0 rings (SSSR count). The molecule has 0 saturated carbocycles. The second kappa shape index (κ2) is 52.1. The molecule has 54 heavy (non-hydrogen) atoms. The van der Waals surface area contributed by atoms with Gasteiger partial charge >= 0.3 is 0 Å². The van der Waals surface area contributed by atoms with Crippen LogP contribution in [0.5, 0.6) is 0 Å². The van der Waals surface area contributed by atoms with Crippen molar-refractivity contribution in [2.45, 2.75) is 90.4 Å². The SMILES string of the molecule is C=COCCOCCOCCOCCOCCOCCOCCOCCOCCOCCOCCOCCOCCCCCCCCCCCCCCC. The summed E-state index contributed by atoms with van der Waals surface area (Å²) in [6, 6.07) is 0. The molecule has 0 atom stereocenters. The van der Waals surface area contributed by atoms with E-state index in [2.05, 4.69) is 13.5 Å². The van der Waals surface area contributed by atoms with E-state index in [4.69, 9.17) is 61.6 Å². The first-order valence-electron chi connectivity index (χ1n) is 21.1. The molecule has 0 aromatic rings. The average molecular weight is 783 g/mol. The predicted octanol–water partition coefficient (Wildman–Crippen LogP) is 6.44. The number of hydrogen-bond donors (Lipinski definition) is 0. The summed E-state index contributed by atoms with van der Waals surface area (Å²) in [5, 5.41) is 0. The van der Waals surface area contributed by atoms with Gasteiger partial charge in [0.15, 0.2) is 0 Å². The van der Waals surface area contributed by atoms with Crippen molar-refractivity contribution >= 4 is 0 Å². The summed E-state index contributed by atoms with van der Waals surface area (Å²) in [7, 11) is 0. The molecule has 0 saturated heterocycles. The largest absolute Gasteiger partial charge is 0.499 e. The average Bonchev–Trinajstić information content (AvgIpc) is 3.18. The Labute approximate surface area is 329 Å². The third kappa shape index (κ3) is 51.1. The Bertz CT molecular complexity index is 663. The summed E-state index contributed by atoms with van der Waals surface area (Å²) in [4.78, 5) is 0. The minimum absolute atomic E-state index is 0.503. The van der Waals surface area contributed by atoms with Crippen LogP contribution in [0, 0.1) is 0 Å². The van der Waals surface area contributed by atoms with Gasteiger partial charge in [-0.1, -0.05) is 90.6 Å². The van der Waals surface area contributed by atoms with E-state index in [0.29, 0.717) is 159 Å². The molecule has 0 radical (unpaired) electrons. The third-order valence-electron chi connectivity index (χ3n) is 7.95. The summed E-state index contributed by atoms with van der Waals surface area (Å²) in [5.74, 6) is 0. The van der Waals surface area contributed by atoms with Crippen LogP contribution in [-0.4, -0.2) is 165 Å². The zero-order chi connectivity index (χ0) is 38.8. The van der Waals surface area contributed by atoms with Crippen molar-refractivity contribution in [3.05, 3.63) is 12.8 Å². The van der Waals surface area contributed by atoms with Gasteiger partial charge in [0.2, 0.25) is 0 Å². The van der Waals surface area contributed by atoms with Gasteiger partial charge in [-0.2, -0.15) is 0 Å². The van der Waals surface area contributed by atoms with Crippen LogP contribution < -0.4 is 0 Å². The van der Waals surface area contributed by atoms with Crippen LogP contribution in [0.4, 0.5) is 0 Å². The predicted molar refractivity (Wildman–Crippen MR) is 212 cm³/mol. The molecule has 0 aliphatic rings. The second-order valence-electron chi connectivity index (χ2n) is 12.6. The molecule has 0 spiro atoms. The fourth-order valence-electron chi connectivity index (χ4n) is 4.93. The van der Waals surface area contributed by atoms with E-state index in [1.54, 1.807) is 0 Å². The van der Waals surface area contributed by atoms with Crippen molar-refractivity contribution in [1.82, 2.24) is 0 Å². The summed E-state index contributed by atoms with van der Waals surface area (Å²) in [5.41, 5.74) is 0. The first-order valence-corrected chi connectivity index (χ1v) is 21.1. The number of hydrogen-bond acceptors (Lipinski definition) is 13. The van der Waals surface area contributed by atoms with Crippen LogP contribution in [0.15, 0.2) is 12.8 Å². The first-order chi connectivity index (χ1) is 26.9. The number of unbranched alkanes of at least 4 members (excludes halogenated alkanes) is 12. The van der Waals surface area contributed by atoms with E-state index in [-0.39, 0.29) is 0 Å². The van der Waals surface area contributed by atoms with E-state index in [9.17, 15) is 0 Å². The molecular formula is C41H82O13. The lowest BCUT2D eigenvalue weighted by Crippen LogP contribution is -2.15. The first kappa shape index (κ1) is 53.1. The van der Waals surface area contributed by atoms with E-state index in [0.717, 1.165) is 13.0 Å². The van der Waals surface area contributed by atoms with Crippen molar-refractivity contribution in [2.24, 2.45) is 0 Å². The van der Waals surface area contributed by atoms with Crippen LogP contribution >= 0.6 is 0 Å². The summed E-state index contributed by atoms with van der Waals surface area (Å²) >= 11 is 0.